The van der Waals surface area contributed by atoms with E-state index in [1.807, 2.05) is 0 Å². The predicted molar refractivity (Wildman–Crippen MR) is 92.7 cm³/mol. The first kappa shape index (κ1) is 16.6. The molecule has 0 fully saturated rings. The van der Waals surface area contributed by atoms with Crippen molar-refractivity contribution in [2.24, 2.45) is 0 Å². The summed E-state index contributed by atoms with van der Waals surface area (Å²) in [4.78, 5) is 38.9. The third kappa shape index (κ3) is 3.48. The molecule has 0 saturated heterocycles. The van der Waals surface area contributed by atoms with E-state index in [1.165, 1.54) is 18.5 Å². The zero-order valence-corrected chi connectivity index (χ0v) is 13.4. The van der Waals surface area contributed by atoms with Crippen LogP contribution in [-0.4, -0.2) is 20.4 Å². The second-order valence-electron chi connectivity index (χ2n) is 5.16. The van der Waals surface area contributed by atoms with E-state index in [1.54, 1.807) is 24.3 Å². The number of nitro benzene ring substituents is 1. The first-order valence-corrected chi connectivity index (χ1v) is 7.51. The standard InChI is InChI=1S/C16H11ClN4O4/c17-12-3-1-2-4-14(12)19-15(22)8-20-9-18-13-6-5-10(21(24)25)7-11(13)16(20)23/h1-7,9H,8H2,(H,19,22). The maximum absolute atomic E-state index is 12.5. The number of rotatable bonds is 4. The lowest BCUT2D eigenvalue weighted by atomic mass is 10.2. The molecule has 0 saturated carbocycles. The van der Waals surface area contributed by atoms with Gasteiger partial charge in [0.1, 0.15) is 6.54 Å². The van der Waals surface area contributed by atoms with Gasteiger partial charge in [0.15, 0.2) is 0 Å². The van der Waals surface area contributed by atoms with Crippen LogP contribution in [0, 0.1) is 10.1 Å². The molecule has 3 aromatic rings. The molecular weight excluding hydrogens is 348 g/mol. The number of carbonyl (C=O) groups is 1. The summed E-state index contributed by atoms with van der Waals surface area (Å²) in [5, 5.41) is 13.9. The van der Waals surface area contributed by atoms with Gasteiger partial charge in [-0.15, -0.1) is 0 Å². The van der Waals surface area contributed by atoms with Crippen molar-refractivity contribution in [1.29, 1.82) is 0 Å². The molecule has 1 amide bonds. The van der Waals surface area contributed by atoms with Gasteiger partial charge in [-0.25, -0.2) is 4.98 Å². The molecule has 9 heteroatoms. The van der Waals surface area contributed by atoms with Gasteiger partial charge in [0.05, 0.1) is 32.9 Å². The van der Waals surface area contributed by atoms with E-state index in [0.717, 1.165) is 10.6 Å². The zero-order chi connectivity index (χ0) is 18.0. The van der Waals surface area contributed by atoms with Gasteiger partial charge in [-0.3, -0.25) is 24.3 Å². The lowest BCUT2D eigenvalue weighted by Gasteiger charge is -2.09. The maximum atomic E-state index is 12.5. The molecule has 2 aromatic carbocycles. The van der Waals surface area contributed by atoms with E-state index in [0.29, 0.717) is 16.2 Å². The van der Waals surface area contributed by atoms with E-state index in [4.69, 9.17) is 11.6 Å². The van der Waals surface area contributed by atoms with Crippen LogP contribution in [0.15, 0.2) is 53.6 Å². The van der Waals surface area contributed by atoms with Gasteiger partial charge in [0.25, 0.3) is 11.2 Å². The minimum absolute atomic E-state index is 0.0715. The first-order chi connectivity index (χ1) is 12.0. The predicted octanol–water partition coefficient (Wildman–Crippen LogP) is 2.60. The minimum atomic E-state index is -0.597. The monoisotopic (exact) mass is 358 g/mol. The average molecular weight is 359 g/mol. The molecule has 1 heterocycles. The van der Waals surface area contributed by atoms with Crippen LogP contribution in [0.1, 0.15) is 0 Å². The van der Waals surface area contributed by atoms with Gasteiger partial charge in [-0.05, 0) is 18.2 Å². The van der Waals surface area contributed by atoms with Gasteiger partial charge < -0.3 is 5.32 Å². The van der Waals surface area contributed by atoms with Gasteiger partial charge in [-0.2, -0.15) is 0 Å². The van der Waals surface area contributed by atoms with Crippen molar-refractivity contribution in [2.75, 3.05) is 5.32 Å². The normalized spacial score (nSPS) is 10.6. The summed E-state index contributed by atoms with van der Waals surface area (Å²) in [6.45, 7) is -0.296. The fourth-order valence-corrected chi connectivity index (χ4v) is 2.46. The van der Waals surface area contributed by atoms with Gasteiger partial charge in [0.2, 0.25) is 5.91 Å². The maximum Gasteiger partial charge on any atom is 0.270 e. The van der Waals surface area contributed by atoms with Crippen molar-refractivity contribution in [3.05, 3.63) is 74.3 Å². The molecule has 3 rings (SSSR count). The number of para-hydroxylation sites is 1. The molecule has 0 aliphatic rings. The topological polar surface area (TPSA) is 107 Å². The van der Waals surface area contributed by atoms with Crippen LogP contribution in [0.5, 0.6) is 0 Å². The fourth-order valence-electron chi connectivity index (χ4n) is 2.28. The number of nitrogens with one attached hydrogen (secondary N) is 1. The van der Waals surface area contributed by atoms with E-state index in [9.17, 15) is 19.7 Å². The van der Waals surface area contributed by atoms with Crippen molar-refractivity contribution in [1.82, 2.24) is 9.55 Å². The van der Waals surface area contributed by atoms with Crippen molar-refractivity contribution in [3.8, 4) is 0 Å². The number of benzene rings is 2. The van der Waals surface area contributed by atoms with Gasteiger partial charge in [-0.1, -0.05) is 23.7 Å². The average Bonchev–Trinajstić information content (AvgIpc) is 2.59. The third-order valence-corrected chi connectivity index (χ3v) is 3.81. The Hall–Kier alpha value is -3.26. The smallest absolute Gasteiger partial charge is 0.270 e. The lowest BCUT2D eigenvalue weighted by Crippen LogP contribution is -2.28. The highest BCUT2D eigenvalue weighted by molar-refractivity contribution is 6.33. The van der Waals surface area contributed by atoms with E-state index >= 15 is 0 Å². The van der Waals surface area contributed by atoms with Gasteiger partial charge >= 0.3 is 0 Å². The number of non-ortho nitro benzene ring substituents is 1. The second-order valence-corrected chi connectivity index (χ2v) is 5.57. The largest absolute Gasteiger partial charge is 0.323 e. The number of anilines is 1. The lowest BCUT2D eigenvalue weighted by molar-refractivity contribution is -0.384. The van der Waals surface area contributed by atoms with E-state index in [-0.39, 0.29) is 17.6 Å². The Bertz CT molecular complexity index is 1050. The molecule has 0 bridgehead atoms. The Morgan fingerprint density at radius 2 is 2.04 bits per heavy atom. The summed E-state index contributed by atoms with van der Waals surface area (Å²) >= 11 is 5.97. The SMILES string of the molecule is O=C(Cn1cnc2ccc([N+](=O)[O-])cc2c1=O)Nc1ccccc1Cl. The summed E-state index contributed by atoms with van der Waals surface area (Å²) in [6, 6.07) is 10.5. The number of hydrogen-bond donors (Lipinski definition) is 1. The highest BCUT2D eigenvalue weighted by Crippen LogP contribution is 2.20. The summed E-state index contributed by atoms with van der Waals surface area (Å²) in [5.74, 6) is -0.471. The Morgan fingerprint density at radius 3 is 2.76 bits per heavy atom. The van der Waals surface area contributed by atoms with Crippen LogP contribution in [0.3, 0.4) is 0 Å². The summed E-state index contributed by atoms with van der Waals surface area (Å²) in [5.41, 5.74) is -0.0161. The molecule has 0 unspecified atom stereocenters. The minimum Gasteiger partial charge on any atom is -0.323 e. The number of fused-ring (bicyclic) bond motifs is 1. The molecule has 0 aliphatic carbocycles. The van der Waals surface area contributed by atoms with Crippen LogP contribution < -0.4 is 10.9 Å². The van der Waals surface area contributed by atoms with Crippen LogP contribution in [0.25, 0.3) is 10.9 Å². The number of aromatic nitrogens is 2. The highest BCUT2D eigenvalue weighted by atomic mass is 35.5. The quantitative estimate of drug-likeness (QED) is 0.569. The van der Waals surface area contributed by atoms with Crippen molar-refractivity contribution >= 4 is 39.8 Å². The molecular formula is C16H11ClN4O4. The number of halogens is 1. The Kier molecular flexibility index (Phi) is 4.44. The van der Waals surface area contributed by atoms with Crippen molar-refractivity contribution < 1.29 is 9.72 Å². The molecule has 0 atom stereocenters. The molecule has 0 aliphatic heterocycles. The zero-order valence-electron chi connectivity index (χ0n) is 12.7. The van der Waals surface area contributed by atoms with Crippen LogP contribution in [-0.2, 0) is 11.3 Å². The molecule has 0 radical (unpaired) electrons. The Labute approximate surface area is 145 Å². The molecule has 0 spiro atoms. The molecule has 126 valence electrons. The van der Waals surface area contributed by atoms with Crippen LogP contribution in [0.4, 0.5) is 11.4 Å². The number of nitro groups is 1. The number of hydrogen-bond acceptors (Lipinski definition) is 5. The fraction of sp³-hybridized carbons (Fsp3) is 0.0625. The van der Waals surface area contributed by atoms with E-state index < -0.39 is 16.4 Å². The molecule has 8 nitrogen and oxygen atoms in total. The van der Waals surface area contributed by atoms with E-state index in [2.05, 4.69) is 10.3 Å². The third-order valence-electron chi connectivity index (χ3n) is 3.48. The van der Waals surface area contributed by atoms with Crippen molar-refractivity contribution in [2.45, 2.75) is 6.54 Å². The Balaban J connectivity index is 1.90. The molecule has 25 heavy (non-hydrogen) atoms. The summed E-state index contributed by atoms with van der Waals surface area (Å²) < 4.78 is 1.08. The van der Waals surface area contributed by atoms with Crippen LogP contribution >= 0.6 is 11.6 Å². The van der Waals surface area contributed by atoms with Gasteiger partial charge in [0, 0.05) is 12.1 Å². The highest BCUT2D eigenvalue weighted by Gasteiger charge is 2.13. The number of amides is 1. The first-order valence-electron chi connectivity index (χ1n) is 7.13. The van der Waals surface area contributed by atoms with Crippen LogP contribution in [0.2, 0.25) is 5.02 Å². The van der Waals surface area contributed by atoms with Crippen molar-refractivity contribution in [3.63, 3.8) is 0 Å². The second kappa shape index (κ2) is 6.70. The molecule has 1 aromatic heterocycles. The molecule has 1 N–H and O–H groups in total. The number of carbonyl (C=O) groups excluding carboxylic acids is 1. The summed E-state index contributed by atoms with van der Waals surface area (Å²) in [6.07, 6.45) is 1.22. The summed E-state index contributed by atoms with van der Waals surface area (Å²) in [7, 11) is 0. The number of nitrogens with zero attached hydrogens (tertiary/aromatic N) is 3. The Morgan fingerprint density at radius 1 is 1.28 bits per heavy atom.